The lowest BCUT2D eigenvalue weighted by Gasteiger charge is -2.14. The van der Waals surface area contributed by atoms with E-state index < -0.39 is 0 Å². The number of hydrogen-bond donors (Lipinski definition) is 0. The molecular formula is C11H20O2. The lowest BCUT2D eigenvalue weighted by molar-refractivity contribution is -0.128. The zero-order valence-corrected chi connectivity index (χ0v) is 8.71. The molecule has 1 saturated heterocycles. The van der Waals surface area contributed by atoms with Gasteiger partial charge in [-0.2, -0.15) is 0 Å². The Morgan fingerprint density at radius 2 is 2.15 bits per heavy atom. The maximum atomic E-state index is 11.6. The van der Waals surface area contributed by atoms with E-state index in [4.69, 9.17) is 4.74 Å². The number of hydrogen-bond acceptors (Lipinski definition) is 2. The highest BCUT2D eigenvalue weighted by molar-refractivity contribution is 5.83. The van der Waals surface area contributed by atoms with Gasteiger partial charge >= 0.3 is 0 Å². The first-order valence-electron chi connectivity index (χ1n) is 5.42. The predicted molar refractivity (Wildman–Crippen MR) is 52.7 cm³/mol. The van der Waals surface area contributed by atoms with Crippen molar-refractivity contribution in [1.82, 2.24) is 0 Å². The first-order chi connectivity index (χ1) is 6.27. The lowest BCUT2D eigenvalue weighted by atomic mass is 9.94. The summed E-state index contributed by atoms with van der Waals surface area (Å²) in [7, 11) is 0. The third-order valence-corrected chi connectivity index (χ3v) is 2.93. The third-order valence-electron chi connectivity index (χ3n) is 2.93. The Morgan fingerprint density at radius 1 is 1.46 bits per heavy atom. The van der Waals surface area contributed by atoms with Crippen LogP contribution in [0.2, 0.25) is 0 Å². The Kier molecular flexibility index (Phi) is 4.43. The van der Waals surface area contributed by atoms with E-state index in [0.717, 1.165) is 38.7 Å². The molecule has 0 amide bonds. The molecule has 13 heavy (non-hydrogen) atoms. The SMILES string of the molecule is CCC(CC)CC(=O)C1CCCO1. The van der Waals surface area contributed by atoms with Crippen LogP contribution in [0.4, 0.5) is 0 Å². The van der Waals surface area contributed by atoms with Gasteiger partial charge in [-0.15, -0.1) is 0 Å². The summed E-state index contributed by atoms with van der Waals surface area (Å²) in [6, 6.07) is 0. The van der Waals surface area contributed by atoms with E-state index in [9.17, 15) is 4.79 Å². The van der Waals surface area contributed by atoms with Gasteiger partial charge in [0.15, 0.2) is 5.78 Å². The van der Waals surface area contributed by atoms with Gasteiger partial charge in [-0.3, -0.25) is 4.79 Å². The summed E-state index contributed by atoms with van der Waals surface area (Å²) in [5, 5.41) is 0. The van der Waals surface area contributed by atoms with Crippen LogP contribution in [0, 0.1) is 5.92 Å². The van der Waals surface area contributed by atoms with Crippen molar-refractivity contribution in [3.05, 3.63) is 0 Å². The molecule has 0 saturated carbocycles. The largest absolute Gasteiger partial charge is 0.370 e. The minimum atomic E-state index is -0.0689. The van der Waals surface area contributed by atoms with Gasteiger partial charge in [0, 0.05) is 13.0 Å². The Labute approximate surface area is 80.7 Å². The van der Waals surface area contributed by atoms with Crippen LogP contribution < -0.4 is 0 Å². The van der Waals surface area contributed by atoms with Crippen LogP contribution in [0.15, 0.2) is 0 Å². The van der Waals surface area contributed by atoms with Gasteiger partial charge in [0.2, 0.25) is 0 Å². The molecule has 1 rings (SSSR count). The second-order valence-corrected chi connectivity index (χ2v) is 3.85. The van der Waals surface area contributed by atoms with Crippen LogP contribution in [0.5, 0.6) is 0 Å². The second kappa shape index (κ2) is 5.38. The van der Waals surface area contributed by atoms with Crippen molar-refractivity contribution in [2.45, 2.75) is 52.1 Å². The average molecular weight is 184 g/mol. The Balaban J connectivity index is 2.30. The van der Waals surface area contributed by atoms with Gasteiger partial charge in [-0.05, 0) is 18.8 Å². The summed E-state index contributed by atoms with van der Waals surface area (Å²) >= 11 is 0. The van der Waals surface area contributed by atoms with Gasteiger partial charge in [-0.1, -0.05) is 26.7 Å². The number of rotatable bonds is 5. The predicted octanol–water partition coefficient (Wildman–Crippen LogP) is 2.56. The number of ketones is 1. The molecule has 0 aromatic rings. The fraction of sp³-hybridized carbons (Fsp3) is 0.909. The topological polar surface area (TPSA) is 26.3 Å². The molecule has 0 spiro atoms. The number of carbonyl (C=O) groups excluding carboxylic acids is 1. The lowest BCUT2D eigenvalue weighted by Crippen LogP contribution is -2.21. The minimum Gasteiger partial charge on any atom is -0.370 e. The van der Waals surface area contributed by atoms with Crippen LogP contribution in [0.1, 0.15) is 46.0 Å². The zero-order chi connectivity index (χ0) is 9.68. The smallest absolute Gasteiger partial charge is 0.161 e. The van der Waals surface area contributed by atoms with Crippen LogP contribution in [0.3, 0.4) is 0 Å². The third kappa shape index (κ3) is 3.11. The Bertz CT molecular complexity index is 155. The number of Topliss-reactive ketones (excluding diaryl/α,β-unsaturated/α-hetero) is 1. The van der Waals surface area contributed by atoms with Crippen LogP contribution in [-0.4, -0.2) is 18.5 Å². The fourth-order valence-electron chi connectivity index (χ4n) is 1.82. The molecule has 1 heterocycles. The van der Waals surface area contributed by atoms with Crippen molar-refractivity contribution < 1.29 is 9.53 Å². The molecule has 1 fully saturated rings. The quantitative estimate of drug-likeness (QED) is 0.656. The summed E-state index contributed by atoms with van der Waals surface area (Å²) < 4.78 is 5.36. The summed E-state index contributed by atoms with van der Waals surface area (Å²) in [6.07, 6.45) is 4.86. The van der Waals surface area contributed by atoms with Crippen molar-refractivity contribution in [2.75, 3.05) is 6.61 Å². The van der Waals surface area contributed by atoms with Gasteiger partial charge in [0.05, 0.1) is 0 Å². The summed E-state index contributed by atoms with van der Waals surface area (Å²) in [6.45, 7) is 5.08. The maximum Gasteiger partial charge on any atom is 0.161 e. The average Bonchev–Trinajstić information content (AvgIpc) is 2.66. The van der Waals surface area contributed by atoms with Crippen LogP contribution >= 0.6 is 0 Å². The van der Waals surface area contributed by atoms with Gasteiger partial charge in [0.25, 0.3) is 0 Å². The summed E-state index contributed by atoms with van der Waals surface area (Å²) in [5.74, 6) is 0.892. The number of carbonyl (C=O) groups is 1. The Morgan fingerprint density at radius 3 is 2.62 bits per heavy atom. The summed E-state index contributed by atoms with van der Waals surface area (Å²) in [4.78, 5) is 11.6. The van der Waals surface area contributed by atoms with E-state index >= 15 is 0 Å². The molecule has 1 aliphatic rings. The molecule has 2 nitrogen and oxygen atoms in total. The number of ether oxygens (including phenoxy) is 1. The zero-order valence-electron chi connectivity index (χ0n) is 8.71. The fourth-order valence-corrected chi connectivity index (χ4v) is 1.82. The first-order valence-corrected chi connectivity index (χ1v) is 5.42. The highest BCUT2D eigenvalue weighted by Gasteiger charge is 2.24. The highest BCUT2D eigenvalue weighted by atomic mass is 16.5. The molecule has 2 heteroatoms. The van der Waals surface area contributed by atoms with E-state index in [2.05, 4.69) is 13.8 Å². The van der Waals surface area contributed by atoms with Crippen molar-refractivity contribution in [2.24, 2.45) is 5.92 Å². The normalized spacial score (nSPS) is 22.5. The molecular weight excluding hydrogens is 164 g/mol. The molecule has 1 atom stereocenters. The van der Waals surface area contributed by atoms with Crippen LogP contribution in [0.25, 0.3) is 0 Å². The van der Waals surface area contributed by atoms with E-state index in [-0.39, 0.29) is 6.10 Å². The van der Waals surface area contributed by atoms with Crippen molar-refractivity contribution in [3.8, 4) is 0 Å². The standard InChI is InChI=1S/C11H20O2/c1-3-9(4-2)8-10(12)11-6-5-7-13-11/h9,11H,3-8H2,1-2H3. The van der Waals surface area contributed by atoms with Crippen LogP contribution in [-0.2, 0) is 9.53 Å². The van der Waals surface area contributed by atoms with E-state index in [1.807, 2.05) is 0 Å². The molecule has 1 aliphatic heterocycles. The van der Waals surface area contributed by atoms with Gasteiger partial charge in [-0.25, -0.2) is 0 Å². The molecule has 1 unspecified atom stereocenters. The molecule has 0 aromatic carbocycles. The molecule has 0 radical (unpaired) electrons. The van der Waals surface area contributed by atoms with E-state index in [0.29, 0.717) is 11.7 Å². The minimum absolute atomic E-state index is 0.0689. The molecule has 0 N–H and O–H groups in total. The van der Waals surface area contributed by atoms with Crippen molar-refractivity contribution in [1.29, 1.82) is 0 Å². The van der Waals surface area contributed by atoms with Crippen molar-refractivity contribution >= 4 is 5.78 Å². The van der Waals surface area contributed by atoms with Crippen molar-refractivity contribution in [3.63, 3.8) is 0 Å². The molecule has 0 bridgehead atoms. The Hall–Kier alpha value is -0.370. The second-order valence-electron chi connectivity index (χ2n) is 3.85. The summed E-state index contributed by atoms with van der Waals surface area (Å²) in [5.41, 5.74) is 0. The monoisotopic (exact) mass is 184 g/mol. The molecule has 76 valence electrons. The first kappa shape index (κ1) is 10.7. The van der Waals surface area contributed by atoms with E-state index in [1.54, 1.807) is 0 Å². The van der Waals surface area contributed by atoms with E-state index in [1.165, 1.54) is 0 Å². The highest BCUT2D eigenvalue weighted by Crippen LogP contribution is 2.19. The maximum absolute atomic E-state index is 11.6. The molecule has 0 aliphatic carbocycles. The van der Waals surface area contributed by atoms with Gasteiger partial charge in [0.1, 0.15) is 6.10 Å². The van der Waals surface area contributed by atoms with Gasteiger partial charge < -0.3 is 4.74 Å². The molecule has 0 aromatic heterocycles.